The molecule has 0 saturated heterocycles. The zero-order valence-electron chi connectivity index (χ0n) is 23.4. The lowest BCUT2D eigenvalue weighted by atomic mass is 9.98. The van der Waals surface area contributed by atoms with Crippen molar-refractivity contribution in [3.63, 3.8) is 0 Å². The van der Waals surface area contributed by atoms with E-state index in [2.05, 4.69) is 43.2 Å². The van der Waals surface area contributed by atoms with Crippen molar-refractivity contribution in [3.05, 3.63) is 70.8 Å². The molecule has 220 valence electrons. The molecular weight excluding hydrogens is 560 g/mol. The number of carboxylic acid groups (broad SMARTS) is 1. The summed E-state index contributed by atoms with van der Waals surface area (Å²) in [7, 11) is 0. The number of hydrogen-bond acceptors (Lipinski definition) is 7. The quantitative estimate of drug-likeness (QED) is 0.172. The van der Waals surface area contributed by atoms with E-state index >= 15 is 0 Å². The first-order valence-electron chi connectivity index (χ1n) is 13.7. The van der Waals surface area contributed by atoms with Crippen LogP contribution in [0.5, 0.6) is 0 Å². The van der Waals surface area contributed by atoms with Gasteiger partial charge >= 0.3 is 5.97 Å². The van der Waals surface area contributed by atoms with Gasteiger partial charge in [0.2, 0.25) is 17.6 Å². The van der Waals surface area contributed by atoms with Gasteiger partial charge in [0.15, 0.2) is 5.15 Å². The average Bonchev–Trinajstić information content (AvgIpc) is 3.61. The Morgan fingerprint density at radius 1 is 1.10 bits per heavy atom. The summed E-state index contributed by atoms with van der Waals surface area (Å²) in [6.07, 6.45) is 2.56. The number of imidazole rings is 1. The van der Waals surface area contributed by atoms with E-state index in [0.717, 1.165) is 47.3 Å². The Morgan fingerprint density at radius 3 is 2.48 bits per heavy atom. The first-order chi connectivity index (χ1) is 20.3. The molecule has 0 aliphatic carbocycles. The van der Waals surface area contributed by atoms with Gasteiger partial charge in [0.1, 0.15) is 11.9 Å². The number of carbonyl (C=O) groups is 3. The normalized spacial score (nSPS) is 11.7. The second kappa shape index (κ2) is 14.4. The van der Waals surface area contributed by atoms with E-state index in [4.69, 9.17) is 11.6 Å². The molecule has 0 radical (unpaired) electrons. The number of aliphatic carboxylic acids is 1. The molecular formula is C29H33ClN8O4. The highest BCUT2D eigenvalue weighted by molar-refractivity contribution is 6.30. The highest BCUT2D eigenvalue weighted by Gasteiger charge is 2.21. The molecule has 2 heterocycles. The highest BCUT2D eigenvalue weighted by atomic mass is 35.5. The lowest BCUT2D eigenvalue weighted by Gasteiger charge is -2.15. The molecule has 1 unspecified atom stereocenters. The summed E-state index contributed by atoms with van der Waals surface area (Å²) in [5, 5.41) is 29.2. The largest absolute Gasteiger partial charge is 0.480 e. The summed E-state index contributed by atoms with van der Waals surface area (Å²) < 4.78 is 2.03. The van der Waals surface area contributed by atoms with Gasteiger partial charge in [-0.1, -0.05) is 73.5 Å². The van der Waals surface area contributed by atoms with Crippen LogP contribution in [-0.2, 0) is 33.9 Å². The van der Waals surface area contributed by atoms with E-state index in [1.54, 1.807) is 0 Å². The second-order valence-corrected chi connectivity index (χ2v) is 10.2. The van der Waals surface area contributed by atoms with Crippen molar-refractivity contribution in [2.24, 2.45) is 0 Å². The van der Waals surface area contributed by atoms with Gasteiger partial charge in [-0.3, -0.25) is 9.59 Å². The molecule has 13 heteroatoms. The number of amides is 2. The Labute approximate surface area is 247 Å². The number of carbonyl (C=O) groups excluding carboxylic acids is 2. The maximum atomic E-state index is 12.6. The Kier molecular flexibility index (Phi) is 10.4. The number of aromatic amines is 1. The standard InChI is InChI=1S/C29H33ClN8O4/c1-3-4-9-25-33-27(30)24(16-31-26(40)15-14-23(29(41)42)32-18(2)39)38(25)17-19-10-12-20(13-11-19)21-7-5-6-8-22(21)28-34-36-37-35-28/h5-8,10-13,23H,3-4,9,14-17H2,1-2H3,(H,31,40)(H,32,39)(H,41,42)(H,34,35,36,37). The van der Waals surface area contributed by atoms with Crippen molar-refractivity contribution in [2.75, 3.05) is 0 Å². The first kappa shape index (κ1) is 30.4. The summed E-state index contributed by atoms with van der Waals surface area (Å²) in [5.74, 6) is -0.667. The van der Waals surface area contributed by atoms with Crippen molar-refractivity contribution in [1.82, 2.24) is 40.8 Å². The maximum absolute atomic E-state index is 12.6. The van der Waals surface area contributed by atoms with Crippen LogP contribution < -0.4 is 10.6 Å². The van der Waals surface area contributed by atoms with Crippen molar-refractivity contribution in [3.8, 4) is 22.5 Å². The minimum absolute atomic E-state index is 0.0301. The van der Waals surface area contributed by atoms with E-state index in [-0.39, 0.29) is 25.3 Å². The summed E-state index contributed by atoms with van der Waals surface area (Å²) in [6.45, 7) is 3.97. The number of nitrogens with zero attached hydrogens (tertiary/aromatic N) is 5. The zero-order valence-corrected chi connectivity index (χ0v) is 24.2. The number of carboxylic acids is 1. The summed E-state index contributed by atoms with van der Waals surface area (Å²) in [5.41, 5.74) is 4.54. The van der Waals surface area contributed by atoms with Crippen LogP contribution in [0.3, 0.4) is 0 Å². The summed E-state index contributed by atoms with van der Waals surface area (Å²) in [6, 6.07) is 14.9. The number of halogens is 1. The zero-order chi connectivity index (χ0) is 30.1. The van der Waals surface area contributed by atoms with Crippen LogP contribution in [0.1, 0.15) is 56.6 Å². The number of rotatable bonds is 14. The second-order valence-electron chi connectivity index (χ2n) is 9.84. The van der Waals surface area contributed by atoms with E-state index < -0.39 is 17.9 Å². The van der Waals surface area contributed by atoms with Gasteiger partial charge in [-0.05, 0) is 34.7 Å². The van der Waals surface area contributed by atoms with Crippen molar-refractivity contribution < 1.29 is 19.5 Å². The molecule has 4 rings (SSSR count). The van der Waals surface area contributed by atoms with Crippen molar-refractivity contribution in [1.29, 1.82) is 0 Å². The van der Waals surface area contributed by atoms with Gasteiger partial charge in [0, 0.05) is 31.9 Å². The topological polar surface area (TPSA) is 168 Å². The van der Waals surface area contributed by atoms with E-state index in [1.165, 1.54) is 6.92 Å². The summed E-state index contributed by atoms with van der Waals surface area (Å²) in [4.78, 5) is 39.8. The molecule has 0 saturated carbocycles. The molecule has 4 aromatic rings. The van der Waals surface area contributed by atoms with Crippen molar-refractivity contribution in [2.45, 2.75) is 65.1 Å². The predicted molar refractivity (Wildman–Crippen MR) is 156 cm³/mol. The molecule has 42 heavy (non-hydrogen) atoms. The summed E-state index contributed by atoms with van der Waals surface area (Å²) >= 11 is 6.55. The third kappa shape index (κ3) is 7.78. The fourth-order valence-corrected chi connectivity index (χ4v) is 4.88. The minimum atomic E-state index is -1.19. The lowest BCUT2D eigenvalue weighted by Crippen LogP contribution is -2.40. The minimum Gasteiger partial charge on any atom is -0.480 e. The van der Waals surface area contributed by atoms with Crippen LogP contribution in [-0.4, -0.2) is 59.1 Å². The van der Waals surface area contributed by atoms with Gasteiger partial charge in [-0.2, -0.15) is 5.21 Å². The van der Waals surface area contributed by atoms with Crippen LogP contribution in [0.25, 0.3) is 22.5 Å². The van der Waals surface area contributed by atoms with Crippen molar-refractivity contribution >= 4 is 29.4 Å². The number of H-pyrrole nitrogens is 1. The van der Waals surface area contributed by atoms with Gasteiger partial charge in [-0.25, -0.2) is 9.78 Å². The lowest BCUT2D eigenvalue weighted by molar-refractivity contribution is -0.141. The number of tetrazole rings is 1. The Bertz CT molecular complexity index is 1520. The Morgan fingerprint density at radius 2 is 1.83 bits per heavy atom. The number of unbranched alkanes of at least 4 members (excludes halogenated alkanes) is 1. The monoisotopic (exact) mass is 592 g/mol. The molecule has 4 N–H and O–H groups in total. The van der Waals surface area contributed by atoms with Crippen LogP contribution in [0.15, 0.2) is 48.5 Å². The number of nitrogens with one attached hydrogen (secondary N) is 3. The maximum Gasteiger partial charge on any atom is 0.326 e. The molecule has 0 spiro atoms. The Balaban J connectivity index is 1.50. The number of benzene rings is 2. The molecule has 2 aromatic heterocycles. The van der Waals surface area contributed by atoms with E-state index in [1.807, 2.05) is 53.1 Å². The molecule has 1 atom stereocenters. The number of hydrogen-bond donors (Lipinski definition) is 4. The number of aromatic nitrogens is 6. The molecule has 12 nitrogen and oxygen atoms in total. The third-order valence-electron chi connectivity index (χ3n) is 6.76. The van der Waals surface area contributed by atoms with Crippen LogP contribution in [0.2, 0.25) is 5.15 Å². The number of aryl methyl sites for hydroxylation is 1. The van der Waals surface area contributed by atoms with E-state index in [9.17, 15) is 19.5 Å². The Hall–Kier alpha value is -4.58. The predicted octanol–water partition coefficient (Wildman–Crippen LogP) is 3.76. The molecule has 0 aliphatic rings. The molecule has 0 aliphatic heterocycles. The molecule has 0 fully saturated rings. The molecule has 2 amide bonds. The molecule has 2 aromatic carbocycles. The average molecular weight is 593 g/mol. The third-order valence-corrected chi connectivity index (χ3v) is 7.07. The van der Waals surface area contributed by atoms with Crippen LogP contribution >= 0.6 is 11.6 Å². The fraction of sp³-hybridized carbons (Fsp3) is 0.345. The SMILES string of the molecule is CCCCc1nc(Cl)c(CNC(=O)CCC(NC(C)=O)C(=O)O)n1Cc1ccc(-c2ccccc2-c2nn[nH]n2)cc1. The smallest absolute Gasteiger partial charge is 0.326 e. The van der Waals surface area contributed by atoms with Crippen LogP contribution in [0, 0.1) is 0 Å². The van der Waals surface area contributed by atoms with E-state index in [0.29, 0.717) is 23.2 Å². The van der Waals surface area contributed by atoms with Gasteiger partial charge in [0.25, 0.3) is 0 Å². The molecule has 0 bridgehead atoms. The fourth-order valence-electron chi connectivity index (χ4n) is 4.61. The van der Waals surface area contributed by atoms with Gasteiger partial charge in [0.05, 0.1) is 12.2 Å². The highest BCUT2D eigenvalue weighted by Crippen LogP contribution is 2.30. The van der Waals surface area contributed by atoms with Crippen LogP contribution in [0.4, 0.5) is 0 Å². The van der Waals surface area contributed by atoms with Gasteiger partial charge < -0.3 is 20.3 Å². The first-order valence-corrected chi connectivity index (χ1v) is 14.1. The van der Waals surface area contributed by atoms with Gasteiger partial charge in [-0.15, -0.1) is 10.2 Å².